The summed E-state index contributed by atoms with van der Waals surface area (Å²) in [4.78, 5) is 8.22. The van der Waals surface area contributed by atoms with Crippen LogP contribution >= 0.6 is 0 Å². The number of anilines is 1. The molecule has 0 aromatic carbocycles. The van der Waals surface area contributed by atoms with Crippen molar-refractivity contribution in [3.05, 3.63) is 18.2 Å². The second kappa shape index (κ2) is 6.78. The van der Waals surface area contributed by atoms with Crippen LogP contribution < -0.4 is 5.73 Å². The van der Waals surface area contributed by atoms with Crippen molar-refractivity contribution < 1.29 is 19.4 Å². The third kappa shape index (κ3) is 3.36. The smallest absolute Gasteiger partial charge is 0.196 e. The fraction of sp³-hybridized carbons (Fsp3) is 0.706. The second-order valence-electron chi connectivity index (χ2n) is 8.65. The molecule has 0 radical (unpaired) electrons. The lowest BCUT2D eigenvalue weighted by molar-refractivity contribution is -0.134. The number of ether oxygens (including phenoxy) is 1. The number of nitrogens with zero attached hydrogens (tertiary/aromatic N) is 4. The predicted molar refractivity (Wildman–Crippen MR) is 103 cm³/mol. The van der Waals surface area contributed by atoms with Crippen molar-refractivity contribution in [1.29, 1.82) is 0 Å². The first kappa shape index (κ1) is 20.1. The van der Waals surface area contributed by atoms with E-state index in [2.05, 4.69) is 48.9 Å². The fourth-order valence-electron chi connectivity index (χ4n) is 3.09. The van der Waals surface area contributed by atoms with Gasteiger partial charge in [0.15, 0.2) is 19.8 Å². The van der Waals surface area contributed by atoms with E-state index in [0.717, 1.165) is 0 Å². The molecule has 150 valence electrons. The van der Waals surface area contributed by atoms with E-state index in [9.17, 15) is 10.2 Å². The minimum atomic E-state index is -2.14. The van der Waals surface area contributed by atoms with Crippen molar-refractivity contribution in [2.24, 2.45) is 0 Å². The Kier molecular flexibility index (Phi) is 5.06. The molecule has 0 amide bonds. The zero-order chi connectivity index (χ0) is 20.0. The first-order chi connectivity index (χ1) is 12.5. The molecule has 3 rings (SSSR count). The molecule has 4 N–H and O–H groups in total. The van der Waals surface area contributed by atoms with Gasteiger partial charge < -0.3 is 25.1 Å². The van der Waals surface area contributed by atoms with Crippen molar-refractivity contribution in [2.45, 2.75) is 63.1 Å². The van der Waals surface area contributed by atoms with E-state index in [0.29, 0.717) is 17.8 Å². The van der Waals surface area contributed by atoms with Gasteiger partial charge in [0.1, 0.15) is 18.0 Å². The maximum Gasteiger partial charge on any atom is 0.196 e. The Morgan fingerprint density at radius 3 is 2.59 bits per heavy atom. The monoisotopic (exact) mass is 395 g/mol. The number of aliphatic hydroxyl groups is 2. The molecule has 1 aliphatic rings. The van der Waals surface area contributed by atoms with Gasteiger partial charge in [0.05, 0.1) is 31.2 Å². The SMILES string of the molecule is CC(C)(C)[Si](C)(C)O[C@H]1C[C@H](c2cnc3c(N)ncnn23)OC1(CO)CO. The summed E-state index contributed by atoms with van der Waals surface area (Å²) in [6.45, 7) is 10.0. The summed E-state index contributed by atoms with van der Waals surface area (Å²) in [7, 11) is -2.14. The highest BCUT2D eigenvalue weighted by molar-refractivity contribution is 6.74. The van der Waals surface area contributed by atoms with Crippen LogP contribution in [0.4, 0.5) is 5.82 Å². The van der Waals surface area contributed by atoms with Crippen LogP contribution in [-0.4, -0.2) is 63.0 Å². The van der Waals surface area contributed by atoms with Crippen LogP contribution in [0.15, 0.2) is 12.5 Å². The molecular formula is C17H29N5O4Si. The van der Waals surface area contributed by atoms with Crippen LogP contribution in [0.2, 0.25) is 18.1 Å². The standard InChI is InChI=1S/C17H29N5O4Si/c1-16(2,3)27(4,5)26-13-6-12(25-17(13,8-23)9-24)11-7-19-15-14(18)20-10-21-22(11)15/h7,10,12-13,23-24H,6,8-9H2,1-5H3,(H2,18,20,21)/t12-,13+/m1/s1. The lowest BCUT2D eigenvalue weighted by atomic mass is 9.98. The number of hydrogen-bond donors (Lipinski definition) is 3. The number of aromatic nitrogens is 4. The fourth-order valence-corrected chi connectivity index (χ4v) is 4.46. The van der Waals surface area contributed by atoms with E-state index in [4.69, 9.17) is 14.9 Å². The van der Waals surface area contributed by atoms with E-state index < -0.39 is 26.1 Å². The van der Waals surface area contributed by atoms with Gasteiger partial charge in [-0.1, -0.05) is 20.8 Å². The number of aliphatic hydroxyl groups excluding tert-OH is 2. The highest BCUT2D eigenvalue weighted by Crippen LogP contribution is 2.45. The quantitative estimate of drug-likeness (QED) is 0.646. The number of imidazole rings is 1. The lowest BCUT2D eigenvalue weighted by Crippen LogP contribution is -2.54. The van der Waals surface area contributed by atoms with Crippen molar-refractivity contribution in [3.8, 4) is 0 Å². The Hall–Kier alpha value is -1.59. The van der Waals surface area contributed by atoms with Crippen LogP contribution in [0.25, 0.3) is 5.65 Å². The zero-order valence-electron chi connectivity index (χ0n) is 16.5. The summed E-state index contributed by atoms with van der Waals surface area (Å²) >= 11 is 0. The first-order valence-corrected chi connectivity index (χ1v) is 12.0. The van der Waals surface area contributed by atoms with Gasteiger partial charge in [-0.3, -0.25) is 0 Å². The molecule has 2 aromatic rings. The number of rotatable bonds is 5. The van der Waals surface area contributed by atoms with Crippen LogP contribution in [0.1, 0.15) is 39.0 Å². The summed E-state index contributed by atoms with van der Waals surface area (Å²) in [6, 6.07) is 0. The Balaban J connectivity index is 1.95. The second-order valence-corrected chi connectivity index (χ2v) is 13.4. The minimum Gasteiger partial charge on any atom is -0.411 e. The molecule has 0 aliphatic carbocycles. The van der Waals surface area contributed by atoms with Gasteiger partial charge in [0.2, 0.25) is 0 Å². The zero-order valence-corrected chi connectivity index (χ0v) is 17.5. The molecule has 2 atom stereocenters. The molecule has 10 heteroatoms. The number of nitrogen functional groups attached to an aromatic ring is 1. The van der Waals surface area contributed by atoms with Crippen molar-refractivity contribution in [1.82, 2.24) is 19.6 Å². The summed E-state index contributed by atoms with van der Waals surface area (Å²) in [6.07, 6.45) is 2.59. The topological polar surface area (TPSA) is 128 Å². The molecule has 0 bridgehead atoms. The molecular weight excluding hydrogens is 366 g/mol. The van der Waals surface area contributed by atoms with E-state index in [1.165, 1.54) is 6.33 Å². The van der Waals surface area contributed by atoms with E-state index >= 15 is 0 Å². The van der Waals surface area contributed by atoms with Crippen LogP contribution in [0.3, 0.4) is 0 Å². The molecule has 1 aliphatic heterocycles. The normalized spacial score (nSPS) is 23.2. The molecule has 0 unspecified atom stereocenters. The molecule has 27 heavy (non-hydrogen) atoms. The van der Waals surface area contributed by atoms with Gasteiger partial charge in [-0.2, -0.15) is 5.10 Å². The molecule has 0 spiro atoms. The van der Waals surface area contributed by atoms with Gasteiger partial charge in [0, 0.05) is 6.42 Å². The van der Waals surface area contributed by atoms with Gasteiger partial charge in [-0.25, -0.2) is 14.5 Å². The molecule has 9 nitrogen and oxygen atoms in total. The Morgan fingerprint density at radius 2 is 2.00 bits per heavy atom. The van der Waals surface area contributed by atoms with E-state index in [1.54, 1.807) is 10.7 Å². The summed E-state index contributed by atoms with van der Waals surface area (Å²) in [5, 5.41) is 24.3. The largest absolute Gasteiger partial charge is 0.411 e. The summed E-state index contributed by atoms with van der Waals surface area (Å²) in [5.74, 6) is 0.277. The molecule has 2 aromatic heterocycles. The van der Waals surface area contributed by atoms with Gasteiger partial charge >= 0.3 is 0 Å². The van der Waals surface area contributed by atoms with Gasteiger partial charge in [-0.15, -0.1) is 0 Å². The number of nitrogens with two attached hydrogens (primary N) is 1. The number of hydrogen-bond acceptors (Lipinski definition) is 8. The molecule has 0 saturated carbocycles. The summed E-state index contributed by atoms with van der Waals surface area (Å²) in [5.41, 5.74) is 5.81. The Labute approximate surface area is 159 Å². The third-order valence-electron chi connectivity index (χ3n) is 5.86. The average molecular weight is 396 g/mol. The highest BCUT2D eigenvalue weighted by Gasteiger charge is 2.53. The molecule has 1 saturated heterocycles. The third-order valence-corrected chi connectivity index (χ3v) is 10.3. The molecule has 1 fully saturated rings. The average Bonchev–Trinajstić information content (AvgIpc) is 3.16. The van der Waals surface area contributed by atoms with Crippen molar-refractivity contribution in [2.75, 3.05) is 18.9 Å². The van der Waals surface area contributed by atoms with Crippen molar-refractivity contribution in [3.63, 3.8) is 0 Å². The van der Waals surface area contributed by atoms with E-state index in [1.807, 2.05) is 0 Å². The van der Waals surface area contributed by atoms with Gasteiger partial charge in [-0.05, 0) is 18.1 Å². The lowest BCUT2D eigenvalue weighted by Gasteiger charge is -2.42. The Bertz CT molecular complexity index is 815. The highest BCUT2D eigenvalue weighted by atomic mass is 28.4. The first-order valence-electron chi connectivity index (χ1n) is 9.06. The van der Waals surface area contributed by atoms with Gasteiger partial charge in [0.25, 0.3) is 0 Å². The maximum absolute atomic E-state index is 10.0. The van der Waals surface area contributed by atoms with Crippen LogP contribution in [0, 0.1) is 0 Å². The number of fused-ring (bicyclic) bond motifs is 1. The maximum atomic E-state index is 10.0. The summed E-state index contributed by atoms with van der Waals surface area (Å²) < 4.78 is 14.3. The van der Waals surface area contributed by atoms with Crippen LogP contribution in [0.5, 0.6) is 0 Å². The molecule has 3 heterocycles. The minimum absolute atomic E-state index is 0.00722. The van der Waals surface area contributed by atoms with E-state index in [-0.39, 0.29) is 24.1 Å². The van der Waals surface area contributed by atoms with Crippen molar-refractivity contribution >= 4 is 19.8 Å². The Morgan fingerprint density at radius 1 is 1.33 bits per heavy atom. The van der Waals surface area contributed by atoms with Crippen LogP contribution in [-0.2, 0) is 9.16 Å². The predicted octanol–water partition coefficient (Wildman–Crippen LogP) is 1.28.